The first kappa shape index (κ1) is 18.3. The van der Waals surface area contributed by atoms with Crippen molar-refractivity contribution >= 4 is 5.82 Å². The molecule has 0 spiro atoms. The number of hydrogen-bond acceptors (Lipinski definition) is 7. The molecule has 148 valence electrons. The Morgan fingerprint density at radius 2 is 1.65 bits per heavy atom. The van der Waals surface area contributed by atoms with Crippen molar-refractivity contribution in [3.63, 3.8) is 0 Å². The Balaban J connectivity index is 1.48. The van der Waals surface area contributed by atoms with Gasteiger partial charge in [-0.15, -0.1) is 10.2 Å². The topological polar surface area (TPSA) is 119 Å². The average molecular weight is 405 g/mol. The Kier molecular flexibility index (Phi) is 4.46. The molecule has 3 aromatic heterocycles. The van der Waals surface area contributed by atoms with Crippen molar-refractivity contribution < 1.29 is 4.42 Å². The Hall–Kier alpha value is -4.77. The fourth-order valence-corrected chi connectivity index (χ4v) is 3.20. The normalized spacial score (nSPS) is 10.7. The van der Waals surface area contributed by atoms with E-state index in [-0.39, 0.29) is 11.7 Å². The Morgan fingerprint density at radius 1 is 0.871 bits per heavy atom. The van der Waals surface area contributed by atoms with Crippen molar-refractivity contribution in [2.45, 2.75) is 0 Å². The number of nitrogens with zero attached hydrogens (tertiary/aromatic N) is 6. The van der Waals surface area contributed by atoms with Gasteiger partial charge < -0.3 is 14.7 Å². The summed E-state index contributed by atoms with van der Waals surface area (Å²) in [6, 6.07) is 22.9. The molecule has 0 aliphatic heterocycles. The minimum Gasteiger partial charge on any atom is -0.414 e. The average Bonchev–Trinajstić information content (AvgIpc) is 3.50. The molecule has 31 heavy (non-hydrogen) atoms. The predicted octanol–water partition coefficient (Wildman–Crippen LogP) is 4.11. The highest BCUT2D eigenvalue weighted by atomic mass is 16.4. The Bertz CT molecular complexity index is 1400. The van der Waals surface area contributed by atoms with Crippen molar-refractivity contribution in [2.75, 3.05) is 5.73 Å². The molecule has 0 unspecified atom stereocenters. The lowest BCUT2D eigenvalue weighted by Gasteiger charge is -2.07. The summed E-state index contributed by atoms with van der Waals surface area (Å²) in [7, 11) is 0. The molecule has 3 heterocycles. The van der Waals surface area contributed by atoms with Crippen molar-refractivity contribution in [1.29, 1.82) is 5.26 Å². The summed E-state index contributed by atoms with van der Waals surface area (Å²) in [4.78, 5) is 8.86. The summed E-state index contributed by atoms with van der Waals surface area (Å²) in [6.07, 6.45) is 3.44. The third-order valence-electron chi connectivity index (χ3n) is 4.75. The molecule has 8 heteroatoms. The molecule has 0 fully saturated rings. The number of rotatable bonds is 4. The Morgan fingerprint density at radius 3 is 2.42 bits per heavy atom. The largest absolute Gasteiger partial charge is 0.414 e. The minimum atomic E-state index is 0.202. The number of anilines is 1. The SMILES string of the molecule is N#Cc1cccn1-c1ccc(-c2cnc(N)c(-c3nnc(-c4ccccc4)o3)n2)cc1. The zero-order valence-electron chi connectivity index (χ0n) is 16.2. The van der Waals surface area contributed by atoms with Crippen LogP contribution in [-0.4, -0.2) is 24.7 Å². The van der Waals surface area contributed by atoms with E-state index in [1.54, 1.807) is 12.3 Å². The molecular weight excluding hydrogens is 390 g/mol. The first-order valence-corrected chi connectivity index (χ1v) is 9.43. The van der Waals surface area contributed by atoms with Gasteiger partial charge in [0, 0.05) is 23.0 Å². The molecule has 0 amide bonds. The van der Waals surface area contributed by atoms with E-state index in [2.05, 4.69) is 26.2 Å². The molecule has 0 saturated carbocycles. The van der Waals surface area contributed by atoms with E-state index in [1.165, 1.54) is 0 Å². The summed E-state index contributed by atoms with van der Waals surface area (Å²) >= 11 is 0. The van der Waals surface area contributed by atoms with Gasteiger partial charge in [0.05, 0.1) is 11.9 Å². The second-order valence-corrected chi connectivity index (χ2v) is 6.69. The van der Waals surface area contributed by atoms with Gasteiger partial charge in [0.15, 0.2) is 11.5 Å². The number of nitrogen functional groups attached to an aromatic ring is 1. The van der Waals surface area contributed by atoms with Crippen LogP contribution in [0.2, 0.25) is 0 Å². The maximum Gasteiger partial charge on any atom is 0.270 e. The summed E-state index contributed by atoms with van der Waals surface area (Å²) in [5.41, 5.74) is 10.1. The quantitative estimate of drug-likeness (QED) is 0.478. The number of nitriles is 1. The molecule has 2 aromatic carbocycles. The van der Waals surface area contributed by atoms with Gasteiger partial charge >= 0.3 is 0 Å². The zero-order chi connectivity index (χ0) is 21.2. The Labute approximate surface area is 177 Å². The van der Waals surface area contributed by atoms with Crippen LogP contribution in [0.3, 0.4) is 0 Å². The highest BCUT2D eigenvalue weighted by Gasteiger charge is 2.16. The summed E-state index contributed by atoms with van der Waals surface area (Å²) in [5.74, 6) is 0.787. The molecule has 5 aromatic rings. The van der Waals surface area contributed by atoms with Crippen LogP contribution < -0.4 is 5.73 Å². The fourth-order valence-electron chi connectivity index (χ4n) is 3.20. The van der Waals surface area contributed by atoms with E-state index in [9.17, 15) is 5.26 Å². The molecule has 0 bridgehead atoms. The monoisotopic (exact) mass is 405 g/mol. The van der Waals surface area contributed by atoms with Gasteiger partial charge in [0.2, 0.25) is 5.89 Å². The maximum absolute atomic E-state index is 9.22. The molecule has 8 nitrogen and oxygen atoms in total. The molecule has 5 rings (SSSR count). The third kappa shape index (κ3) is 3.41. The lowest BCUT2D eigenvalue weighted by molar-refractivity contribution is 0.582. The first-order valence-electron chi connectivity index (χ1n) is 9.43. The zero-order valence-corrected chi connectivity index (χ0v) is 16.2. The van der Waals surface area contributed by atoms with Crippen LogP contribution in [0.25, 0.3) is 40.0 Å². The lowest BCUT2D eigenvalue weighted by Crippen LogP contribution is -1.99. The van der Waals surface area contributed by atoms with Crippen LogP contribution in [0.1, 0.15) is 5.69 Å². The predicted molar refractivity (Wildman–Crippen MR) is 115 cm³/mol. The van der Waals surface area contributed by atoms with Gasteiger partial charge in [-0.2, -0.15) is 5.26 Å². The molecule has 0 aliphatic carbocycles. The highest BCUT2D eigenvalue weighted by molar-refractivity contribution is 5.69. The van der Waals surface area contributed by atoms with E-state index in [0.29, 0.717) is 23.0 Å². The fraction of sp³-hybridized carbons (Fsp3) is 0. The summed E-state index contributed by atoms with van der Waals surface area (Å²) in [5, 5.41) is 17.4. The van der Waals surface area contributed by atoms with Crippen LogP contribution in [0.15, 0.2) is 83.5 Å². The van der Waals surface area contributed by atoms with E-state index in [4.69, 9.17) is 10.2 Å². The van der Waals surface area contributed by atoms with Crippen LogP contribution in [0, 0.1) is 11.3 Å². The van der Waals surface area contributed by atoms with Crippen LogP contribution in [-0.2, 0) is 0 Å². The van der Waals surface area contributed by atoms with E-state index in [1.807, 2.05) is 71.4 Å². The smallest absolute Gasteiger partial charge is 0.270 e. The molecule has 0 saturated heterocycles. The summed E-state index contributed by atoms with van der Waals surface area (Å²) < 4.78 is 7.60. The number of aromatic nitrogens is 5. The number of benzene rings is 2. The van der Waals surface area contributed by atoms with Gasteiger partial charge in [-0.25, -0.2) is 9.97 Å². The van der Waals surface area contributed by atoms with Crippen molar-refractivity contribution in [3.05, 3.63) is 84.8 Å². The van der Waals surface area contributed by atoms with Gasteiger partial charge in [-0.05, 0) is 36.4 Å². The van der Waals surface area contributed by atoms with Crippen molar-refractivity contribution in [3.8, 4) is 46.1 Å². The van der Waals surface area contributed by atoms with Crippen molar-refractivity contribution in [2.24, 2.45) is 0 Å². The van der Waals surface area contributed by atoms with Crippen LogP contribution in [0.4, 0.5) is 5.82 Å². The molecular formula is C23H15N7O. The number of nitrogens with two attached hydrogens (primary N) is 1. The number of hydrogen-bond donors (Lipinski definition) is 1. The van der Waals surface area contributed by atoms with E-state index >= 15 is 0 Å². The first-order chi connectivity index (χ1) is 15.2. The third-order valence-corrected chi connectivity index (χ3v) is 4.75. The van der Waals surface area contributed by atoms with Gasteiger partial charge in [0.25, 0.3) is 5.89 Å². The van der Waals surface area contributed by atoms with E-state index in [0.717, 1.165) is 16.8 Å². The van der Waals surface area contributed by atoms with Crippen LogP contribution in [0.5, 0.6) is 0 Å². The van der Waals surface area contributed by atoms with E-state index < -0.39 is 0 Å². The maximum atomic E-state index is 9.22. The van der Waals surface area contributed by atoms with Gasteiger partial charge in [0.1, 0.15) is 11.8 Å². The minimum absolute atomic E-state index is 0.202. The summed E-state index contributed by atoms with van der Waals surface area (Å²) in [6.45, 7) is 0. The highest BCUT2D eigenvalue weighted by Crippen LogP contribution is 2.28. The molecule has 0 atom stereocenters. The molecule has 0 radical (unpaired) electrons. The van der Waals surface area contributed by atoms with Crippen molar-refractivity contribution in [1.82, 2.24) is 24.7 Å². The lowest BCUT2D eigenvalue weighted by atomic mass is 10.1. The second kappa shape index (κ2) is 7.57. The molecule has 2 N–H and O–H groups in total. The van der Waals surface area contributed by atoms with Gasteiger partial charge in [-0.3, -0.25) is 0 Å². The molecule has 0 aliphatic rings. The van der Waals surface area contributed by atoms with Gasteiger partial charge in [-0.1, -0.05) is 30.3 Å². The second-order valence-electron chi connectivity index (χ2n) is 6.69. The van der Waals surface area contributed by atoms with Crippen LogP contribution >= 0.6 is 0 Å². The standard InChI is InChI=1S/C23H15N7O/c24-13-18-7-4-12-30(18)17-10-8-15(9-11-17)19-14-26-21(25)20(27-19)23-29-28-22(31-23)16-5-2-1-3-6-16/h1-12,14H,(H2,25,26).